The summed E-state index contributed by atoms with van der Waals surface area (Å²) in [4.78, 5) is 14.3. The summed E-state index contributed by atoms with van der Waals surface area (Å²) in [6.45, 7) is 1.05. The predicted octanol–water partition coefficient (Wildman–Crippen LogP) is 2.68. The van der Waals surface area contributed by atoms with Crippen LogP contribution in [0.4, 0.5) is 15.8 Å². The lowest BCUT2D eigenvalue weighted by Crippen LogP contribution is -2.38. The standard InChI is InChI=1S/C18H19FN2O4/c1-23-13-4-6-16(24-2)14(10-13)20-18(22)11-21-7-8-25-17-9-12(19)3-5-15(17)21/h3-6,9-10H,7-8,11H2,1-2H3,(H,20,22). The SMILES string of the molecule is COc1ccc(OC)c(NC(=O)CN2CCOc3cc(F)ccc32)c1. The Morgan fingerprint density at radius 1 is 1.24 bits per heavy atom. The molecule has 0 fully saturated rings. The van der Waals surface area contributed by atoms with E-state index in [1.807, 2.05) is 4.90 Å². The molecule has 0 aromatic heterocycles. The van der Waals surface area contributed by atoms with E-state index < -0.39 is 0 Å². The quantitative estimate of drug-likeness (QED) is 0.902. The third-order valence-corrected chi connectivity index (χ3v) is 3.90. The normalized spacial score (nSPS) is 12.8. The highest BCUT2D eigenvalue weighted by Crippen LogP contribution is 2.32. The molecule has 3 rings (SSSR count). The second-order valence-corrected chi connectivity index (χ2v) is 5.50. The minimum Gasteiger partial charge on any atom is -0.497 e. The predicted molar refractivity (Wildman–Crippen MR) is 92.3 cm³/mol. The van der Waals surface area contributed by atoms with Crippen molar-refractivity contribution in [2.75, 3.05) is 44.1 Å². The van der Waals surface area contributed by atoms with Gasteiger partial charge in [-0.2, -0.15) is 0 Å². The van der Waals surface area contributed by atoms with E-state index in [-0.39, 0.29) is 18.3 Å². The maximum atomic E-state index is 13.3. The summed E-state index contributed by atoms with van der Waals surface area (Å²) in [7, 11) is 3.08. The lowest BCUT2D eigenvalue weighted by molar-refractivity contribution is -0.115. The molecule has 6 nitrogen and oxygen atoms in total. The summed E-state index contributed by atoms with van der Waals surface area (Å²) >= 11 is 0. The number of ether oxygens (including phenoxy) is 3. The van der Waals surface area contributed by atoms with Gasteiger partial charge < -0.3 is 24.4 Å². The highest BCUT2D eigenvalue weighted by atomic mass is 19.1. The molecule has 0 aliphatic carbocycles. The summed E-state index contributed by atoms with van der Waals surface area (Å²) in [5, 5.41) is 2.83. The van der Waals surface area contributed by atoms with Crippen LogP contribution in [0.1, 0.15) is 0 Å². The molecule has 0 atom stereocenters. The fourth-order valence-electron chi connectivity index (χ4n) is 2.69. The van der Waals surface area contributed by atoms with Crippen LogP contribution in [-0.4, -0.2) is 39.8 Å². The van der Waals surface area contributed by atoms with Crippen molar-refractivity contribution in [2.45, 2.75) is 0 Å². The molecule has 2 aromatic rings. The Kier molecular flexibility index (Phi) is 4.92. The second kappa shape index (κ2) is 7.29. The Hall–Kier alpha value is -2.96. The minimum atomic E-state index is -0.369. The van der Waals surface area contributed by atoms with Gasteiger partial charge >= 0.3 is 0 Å². The van der Waals surface area contributed by atoms with Crippen LogP contribution in [0.5, 0.6) is 17.2 Å². The van der Waals surface area contributed by atoms with Crippen LogP contribution >= 0.6 is 0 Å². The number of carbonyl (C=O) groups is 1. The van der Waals surface area contributed by atoms with Crippen LogP contribution in [-0.2, 0) is 4.79 Å². The highest BCUT2D eigenvalue weighted by molar-refractivity contribution is 5.95. The molecule has 1 N–H and O–H groups in total. The van der Waals surface area contributed by atoms with Crippen LogP contribution in [0.15, 0.2) is 36.4 Å². The lowest BCUT2D eigenvalue weighted by Gasteiger charge is -2.30. The summed E-state index contributed by atoms with van der Waals surface area (Å²) < 4.78 is 29.2. The molecule has 0 unspecified atom stereocenters. The number of rotatable bonds is 5. The first kappa shape index (κ1) is 16.9. The summed E-state index contributed by atoms with van der Waals surface area (Å²) in [6, 6.07) is 9.46. The molecule has 0 spiro atoms. The lowest BCUT2D eigenvalue weighted by atomic mass is 10.2. The van der Waals surface area contributed by atoms with Crippen LogP contribution in [0, 0.1) is 5.82 Å². The smallest absolute Gasteiger partial charge is 0.243 e. The maximum absolute atomic E-state index is 13.3. The molecule has 2 aromatic carbocycles. The van der Waals surface area contributed by atoms with Gasteiger partial charge in [0.05, 0.1) is 38.7 Å². The molecule has 132 valence electrons. The Bertz CT molecular complexity index is 782. The van der Waals surface area contributed by atoms with Gasteiger partial charge in [0.15, 0.2) is 0 Å². The van der Waals surface area contributed by atoms with Crippen molar-refractivity contribution in [1.29, 1.82) is 0 Å². The molecular weight excluding hydrogens is 327 g/mol. The third-order valence-electron chi connectivity index (χ3n) is 3.90. The van der Waals surface area contributed by atoms with Crippen LogP contribution in [0.25, 0.3) is 0 Å². The number of anilines is 2. The number of nitrogens with zero attached hydrogens (tertiary/aromatic N) is 1. The third kappa shape index (κ3) is 3.76. The highest BCUT2D eigenvalue weighted by Gasteiger charge is 2.21. The number of nitrogens with one attached hydrogen (secondary N) is 1. The Balaban J connectivity index is 1.74. The number of benzene rings is 2. The Labute approximate surface area is 145 Å². The van der Waals surface area contributed by atoms with E-state index in [4.69, 9.17) is 14.2 Å². The van der Waals surface area contributed by atoms with Crippen LogP contribution in [0.2, 0.25) is 0 Å². The van der Waals surface area contributed by atoms with Gasteiger partial charge in [0, 0.05) is 12.1 Å². The second-order valence-electron chi connectivity index (χ2n) is 5.50. The number of methoxy groups -OCH3 is 2. The molecule has 0 radical (unpaired) electrons. The van der Waals surface area contributed by atoms with E-state index in [1.165, 1.54) is 19.2 Å². The average molecular weight is 346 g/mol. The van der Waals surface area contributed by atoms with Gasteiger partial charge in [0.25, 0.3) is 0 Å². The Morgan fingerprint density at radius 3 is 2.84 bits per heavy atom. The molecule has 25 heavy (non-hydrogen) atoms. The maximum Gasteiger partial charge on any atom is 0.243 e. The minimum absolute atomic E-state index is 0.113. The molecule has 1 amide bonds. The van der Waals surface area contributed by atoms with Gasteiger partial charge in [-0.1, -0.05) is 0 Å². The van der Waals surface area contributed by atoms with E-state index in [0.717, 1.165) is 0 Å². The summed E-state index contributed by atoms with van der Waals surface area (Å²) in [6.07, 6.45) is 0. The first-order valence-electron chi connectivity index (χ1n) is 7.80. The first-order chi connectivity index (χ1) is 12.1. The molecule has 1 aliphatic heterocycles. The molecular formula is C18H19FN2O4. The number of fused-ring (bicyclic) bond motifs is 1. The molecule has 0 bridgehead atoms. The van der Waals surface area contributed by atoms with Gasteiger partial charge in [-0.3, -0.25) is 4.79 Å². The van der Waals surface area contributed by atoms with E-state index in [1.54, 1.807) is 31.4 Å². The molecule has 1 aliphatic rings. The molecule has 0 saturated heterocycles. The Morgan fingerprint density at radius 2 is 2.08 bits per heavy atom. The van der Waals surface area contributed by atoms with Crippen LogP contribution < -0.4 is 24.4 Å². The van der Waals surface area contributed by atoms with Crippen molar-refractivity contribution in [3.05, 3.63) is 42.2 Å². The number of amides is 1. The molecule has 7 heteroatoms. The topological polar surface area (TPSA) is 60.0 Å². The van der Waals surface area contributed by atoms with Gasteiger partial charge in [-0.25, -0.2) is 4.39 Å². The zero-order chi connectivity index (χ0) is 17.8. The van der Waals surface area contributed by atoms with E-state index in [2.05, 4.69) is 5.32 Å². The van der Waals surface area contributed by atoms with Crippen molar-refractivity contribution in [2.24, 2.45) is 0 Å². The fraction of sp³-hybridized carbons (Fsp3) is 0.278. The van der Waals surface area contributed by atoms with E-state index in [0.29, 0.717) is 41.8 Å². The van der Waals surface area contributed by atoms with Crippen molar-refractivity contribution in [3.63, 3.8) is 0 Å². The van der Waals surface area contributed by atoms with E-state index >= 15 is 0 Å². The molecule has 1 heterocycles. The van der Waals surface area contributed by atoms with E-state index in [9.17, 15) is 9.18 Å². The van der Waals surface area contributed by atoms with Gasteiger partial charge in [0.1, 0.15) is 29.7 Å². The fourth-order valence-corrected chi connectivity index (χ4v) is 2.69. The van der Waals surface area contributed by atoms with Crippen LogP contribution in [0.3, 0.4) is 0 Å². The monoisotopic (exact) mass is 346 g/mol. The summed E-state index contributed by atoms with van der Waals surface area (Å²) in [5.41, 5.74) is 1.22. The molecule has 0 saturated carbocycles. The number of halogens is 1. The van der Waals surface area contributed by atoms with Gasteiger partial charge in [-0.15, -0.1) is 0 Å². The first-order valence-corrected chi connectivity index (χ1v) is 7.80. The van der Waals surface area contributed by atoms with Crippen molar-refractivity contribution in [1.82, 2.24) is 0 Å². The van der Waals surface area contributed by atoms with Crippen molar-refractivity contribution in [3.8, 4) is 17.2 Å². The zero-order valence-electron chi connectivity index (χ0n) is 14.0. The van der Waals surface area contributed by atoms with Crippen molar-refractivity contribution < 1.29 is 23.4 Å². The van der Waals surface area contributed by atoms with Crippen molar-refractivity contribution >= 4 is 17.3 Å². The van der Waals surface area contributed by atoms with Gasteiger partial charge in [0.2, 0.25) is 5.91 Å². The number of carbonyl (C=O) groups excluding carboxylic acids is 1. The zero-order valence-corrected chi connectivity index (χ0v) is 14.0. The average Bonchev–Trinajstić information content (AvgIpc) is 2.61. The largest absolute Gasteiger partial charge is 0.497 e. The summed E-state index contributed by atoms with van der Waals surface area (Å²) in [5.74, 6) is 1.01. The van der Waals surface area contributed by atoms with Gasteiger partial charge in [-0.05, 0) is 24.3 Å². The number of hydrogen-bond acceptors (Lipinski definition) is 5. The number of hydrogen-bond donors (Lipinski definition) is 1.